The molecule has 0 bridgehead atoms. The first-order valence-corrected chi connectivity index (χ1v) is 4.69. The van der Waals surface area contributed by atoms with E-state index in [0.29, 0.717) is 25.1 Å². The van der Waals surface area contributed by atoms with E-state index in [9.17, 15) is 9.70 Å². The molecule has 1 aliphatic heterocycles. The Hall–Kier alpha value is -1.23. The van der Waals surface area contributed by atoms with Gasteiger partial charge in [0.2, 0.25) is 6.54 Å². The van der Waals surface area contributed by atoms with Gasteiger partial charge in [-0.1, -0.05) is 13.5 Å². The van der Waals surface area contributed by atoms with Gasteiger partial charge in [0.05, 0.1) is 13.0 Å². The van der Waals surface area contributed by atoms with Crippen molar-refractivity contribution >= 4 is 5.91 Å². The Morgan fingerprint density at radius 2 is 2.36 bits per heavy atom. The second-order valence-electron chi connectivity index (χ2n) is 3.48. The summed E-state index contributed by atoms with van der Waals surface area (Å²) >= 11 is 0. The maximum Gasteiger partial charge on any atom is 0.344 e. The predicted octanol–water partition coefficient (Wildman–Crippen LogP) is 0.125. The molecule has 0 aromatic carbocycles. The summed E-state index contributed by atoms with van der Waals surface area (Å²) in [6.07, 6.45) is 0.523. The summed E-state index contributed by atoms with van der Waals surface area (Å²) in [7, 11) is 0. The molecule has 1 fully saturated rings. The summed E-state index contributed by atoms with van der Waals surface area (Å²) in [6, 6.07) is 0. The molecule has 1 atom stereocenters. The molecule has 1 rings (SSSR count). The van der Waals surface area contributed by atoms with Crippen LogP contribution < -0.4 is 10.6 Å². The largest absolute Gasteiger partial charge is 0.344 e. The van der Waals surface area contributed by atoms with E-state index in [4.69, 9.17) is 0 Å². The van der Waals surface area contributed by atoms with Gasteiger partial charge in [-0.3, -0.25) is 10.1 Å². The van der Waals surface area contributed by atoms with Crippen LogP contribution in [0.25, 0.3) is 0 Å². The van der Waals surface area contributed by atoms with Crippen molar-refractivity contribution < 1.29 is 9.55 Å². The Balaban J connectivity index is 2.76. The maximum absolute atomic E-state index is 11.5. The molecule has 0 saturated carbocycles. The van der Waals surface area contributed by atoms with Crippen molar-refractivity contribution in [1.29, 1.82) is 0 Å². The van der Waals surface area contributed by atoms with Gasteiger partial charge in [0.15, 0.2) is 0 Å². The fraction of sp³-hybridized carbons (Fsp3) is 0.667. The molecule has 0 aromatic rings. The van der Waals surface area contributed by atoms with Crippen LogP contribution in [0.4, 0.5) is 0 Å². The predicted molar refractivity (Wildman–Crippen MR) is 52.5 cm³/mol. The first-order chi connectivity index (χ1) is 6.52. The van der Waals surface area contributed by atoms with Crippen molar-refractivity contribution in [1.82, 2.24) is 10.6 Å². The molecule has 1 unspecified atom stereocenters. The molecular weight excluding hydrogens is 182 g/mol. The zero-order chi connectivity index (χ0) is 10.8. The highest BCUT2D eigenvalue weighted by Crippen LogP contribution is 2.12. The Morgan fingerprint density at radius 1 is 1.71 bits per heavy atom. The first kappa shape index (κ1) is 10.8. The Bertz CT molecular complexity index is 288. The number of hydrogen-bond donors (Lipinski definition) is 2. The minimum Gasteiger partial charge on any atom is -0.275 e. The molecule has 0 aromatic heterocycles. The fourth-order valence-corrected chi connectivity index (χ4v) is 1.43. The summed E-state index contributed by atoms with van der Waals surface area (Å²) in [5.41, 5.74) is 0.403. The van der Waals surface area contributed by atoms with Crippen LogP contribution in [0.15, 0.2) is 12.2 Å². The third-order valence-corrected chi connectivity index (χ3v) is 2.38. The molecule has 1 aliphatic rings. The van der Waals surface area contributed by atoms with Crippen molar-refractivity contribution in [2.45, 2.75) is 26.1 Å². The van der Waals surface area contributed by atoms with E-state index in [1.165, 1.54) is 0 Å². The second-order valence-corrected chi connectivity index (χ2v) is 3.48. The molecule has 1 heterocycles. The van der Waals surface area contributed by atoms with Gasteiger partial charge in [0.1, 0.15) is 0 Å². The highest BCUT2D eigenvalue weighted by molar-refractivity contribution is 5.92. The SMILES string of the molecule is C=C(C)C(=O)NC1(CC)NCC[N+]1=O. The number of nitrogens with zero attached hydrogens (tertiary/aromatic N) is 1. The zero-order valence-corrected chi connectivity index (χ0v) is 8.59. The minimum atomic E-state index is -0.934. The smallest absolute Gasteiger partial charge is 0.275 e. The van der Waals surface area contributed by atoms with Gasteiger partial charge in [-0.25, -0.2) is 5.32 Å². The number of nitrogens with one attached hydrogen (secondary N) is 2. The van der Waals surface area contributed by atoms with E-state index in [2.05, 4.69) is 17.2 Å². The van der Waals surface area contributed by atoms with Gasteiger partial charge in [-0.15, -0.1) is 0 Å². The van der Waals surface area contributed by atoms with E-state index in [1.807, 2.05) is 6.92 Å². The van der Waals surface area contributed by atoms with Gasteiger partial charge < -0.3 is 0 Å². The van der Waals surface area contributed by atoms with Crippen LogP contribution in [0, 0.1) is 4.91 Å². The number of carbonyl (C=O) groups excluding carboxylic acids is 1. The van der Waals surface area contributed by atoms with Gasteiger partial charge >= 0.3 is 5.79 Å². The van der Waals surface area contributed by atoms with Gasteiger partial charge in [-0.05, 0) is 6.92 Å². The molecule has 0 spiro atoms. The van der Waals surface area contributed by atoms with E-state index in [0.717, 1.165) is 4.76 Å². The third kappa shape index (κ3) is 1.82. The molecule has 0 aliphatic carbocycles. The second kappa shape index (κ2) is 3.88. The quantitative estimate of drug-likeness (QED) is 0.500. The number of nitroso groups, excluding NO2 is 1. The average molecular weight is 198 g/mol. The molecule has 1 amide bonds. The summed E-state index contributed by atoms with van der Waals surface area (Å²) < 4.78 is 0.869. The lowest BCUT2D eigenvalue weighted by molar-refractivity contribution is -0.614. The van der Waals surface area contributed by atoms with Crippen LogP contribution in [-0.2, 0) is 4.79 Å². The topological polar surface area (TPSA) is 61.2 Å². The average Bonchev–Trinajstić information content (AvgIpc) is 2.48. The van der Waals surface area contributed by atoms with Crippen molar-refractivity contribution in [3.63, 3.8) is 0 Å². The van der Waals surface area contributed by atoms with Crippen molar-refractivity contribution in [3.8, 4) is 0 Å². The summed E-state index contributed by atoms with van der Waals surface area (Å²) in [5.74, 6) is -1.22. The minimum absolute atomic E-state index is 0.290. The lowest BCUT2D eigenvalue weighted by Gasteiger charge is -2.19. The van der Waals surface area contributed by atoms with Gasteiger partial charge in [-0.2, -0.15) is 0 Å². The number of amides is 1. The normalized spacial score (nSPS) is 26.3. The van der Waals surface area contributed by atoms with Crippen LogP contribution in [0.3, 0.4) is 0 Å². The molecule has 2 N–H and O–H groups in total. The number of hydrogen-bond acceptors (Lipinski definition) is 3. The van der Waals surface area contributed by atoms with Crippen LogP contribution in [0.2, 0.25) is 0 Å². The van der Waals surface area contributed by atoms with E-state index in [-0.39, 0.29) is 5.91 Å². The standard InChI is InChI=1S/C9H15N3O2/c1-4-9(10-5-6-12(9)14)11-8(13)7(2)3/h10H,2,4-6H2,1,3H3/p+1. The van der Waals surface area contributed by atoms with Crippen LogP contribution >= 0.6 is 0 Å². The Morgan fingerprint density at radius 3 is 2.71 bits per heavy atom. The van der Waals surface area contributed by atoms with Crippen molar-refractivity contribution in [2.24, 2.45) is 0 Å². The molecule has 5 nitrogen and oxygen atoms in total. The van der Waals surface area contributed by atoms with Crippen LogP contribution in [0.1, 0.15) is 20.3 Å². The number of rotatable bonds is 3. The Kier molecular flexibility index (Phi) is 3.00. The monoisotopic (exact) mass is 198 g/mol. The third-order valence-electron chi connectivity index (χ3n) is 2.38. The van der Waals surface area contributed by atoms with Gasteiger partial charge in [0, 0.05) is 15.2 Å². The Labute approximate surface area is 83.1 Å². The summed E-state index contributed by atoms with van der Waals surface area (Å²) in [5, 5.41) is 5.65. The molecule has 14 heavy (non-hydrogen) atoms. The molecule has 5 heteroatoms. The lowest BCUT2D eigenvalue weighted by Crippen LogP contribution is -2.60. The highest BCUT2D eigenvalue weighted by atomic mass is 16.3. The van der Waals surface area contributed by atoms with Crippen molar-refractivity contribution in [2.75, 3.05) is 13.1 Å². The van der Waals surface area contributed by atoms with E-state index < -0.39 is 5.79 Å². The fourth-order valence-electron chi connectivity index (χ4n) is 1.43. The van der Waals surface area contributed by atoms with Crippen molar-refractivity contribution in [3.05, 3.63) is 17.1 Å². The molecular formula is C9H16N3O2+. The lowest BCUT2D eigenvalue weighted by atomic mass is 10.2. The first-order valence-electron chi connectivity index (χ1n) is 4.69. The van der Waals surface area contributed by atoms with Crippen LogP contribution in [-0.4, -0.2) is 29.5 Å². The molecule has 1 saturated heterocycles. The maximum atomic E-state index is 11.5. The molecule has 78 valence electrons. The van der Waals surface area contributed by atoms with E-state index in [1.54, 1.807) is 6.92 Å². The highest BCUT2D eigenvalue weighted by Gasteiger charge is 2.49. The van der Waals surface area contributed by atoms with Gasteiger partial charge in [0.25, 0.3) is 5.91 Å². The summed E-state index contributed by atoms with van der Waals surface area (Å²) in [6.45, 7) is 7.97. The summed E-state index contributed by atoms with van der Waals surface area (Å²) in [4.78, 5) is 22.9. The zero-order valence-electron chi connectivity index (χ0n) is 8.59. The van der Waals surface area contributed by atoms with E-state index >= 15 is 0 Å². The number of carbonyl (C=O) groups is 1. The molecule has 0 radical (unpaired) electrons. The van der Waals surface area contributed by atoms with Crippen LogP contribution in [0.5, 0.6) is 0 Å².